The molecule has 1 saturated heterocycles. The predicted octanol–water partition coefficient (Wildman–Crippen LogP) is 1.77. The van der Waals surface area contributed by atoms with Crippen LogP contribution in [-0.4, -0.2) is 43.5 Å². The van der Waals surface area contributed by atoms with E-state index < -0.39 is 5.97 Å². The number of carboxylic acid groups (broad SMARTS) is 1. The lowest BCUT2D eigenvalue weighted by molar-refractivity contribution is -0.137. The summed E-state index contributed by atoms with van der Waals surface area (Å²) in [6.45, 7) is -0.0475. The second kappa shape index (κ2) is 7.71. The van der Waals surface area contributed by atoms with E-state index in [9.17, 15) is 9.59 Å². The fourth-order valence-electron chi connectivity index (χ4n) is 2.25. The number of hydrogen-bond acceptors (Lipinski definition) is 6. The number of carbonyl (C=O) groups is 2. The van der Waals surface area contributed by atoms with Crippen LogP contribution < -0.4 is 5.32 Å². The van der Waals surface area contributed by atoms with Gasteiger partial charge in [0.1, 0.15) is 12.2 Å². The van der Waals surface area contributed by atoms with Crippen LogP contribution in [0.25, 0.3) is 0 Å². The van der Waals surface area contributed by atoms with Crippen molar-refractivity contribution in [1.82, 2.24) is 20.3 Å². The van der Waals surface area contributed by atoms with Gasteiger partial charge in [0.05, 0.1) is 17.3 Å². The van der Waals surface area contributed by atoms with Gasteiger partial charge in [0, 0.05) is 17.1 Å². The number of rotatable bonds is 6. The molecule has 1 aromatic heterocycles. The van der Waals surface area contributed by atoms with E-state index in [1.807, 2.05) is 47.8 Å². The molecular formula is C15H16N4O3S2. The topological polar surface area (TPSA) is 97.1 Å². The van der Waals surface area contributed by atoms with Gasteiger partial charge in [-0.05, 0) is 17.7 Å². The highest BCUT2D eigenvalue weighted by Gasteiger charge is 2.18. The van der Waals surface area contributed by atoms with Crippen LogP contribution >= 0.6 is 23.5 Å². The monoisotopic (exact) mass is 364 g/mol. The minimum atomic E-state index is -0.992. The Morgan fingerprint density at radius 3 is 2.62 bits per heavy atom. The summed E-state index contributed by atoms with van der Waals surface area (Å²) in [6, 6.07) is 7.64. The molecule has 126 valence electrons. The number of aromatic nitrogens is 3. The van der Waals surface area contributed by atoms with Gasteiger partial charge in [-0.2, -0.15) is 0 Å². The Balaban J connectivity index is 1.54. The number of thioether (sulfide) groups is 2. The molecule has 0 atom stereocenters. The van der Waals surface area contributed by atoms with Gasteiger partial charge in [-0.15, -0.1) is 28.6 Å². The molecule has 0 radical (unpaired) electrons. The first-order chi connectivity index (χ1) is 11.6. The van der Waals surface area contributed by atoms with E-state index >= 15 is 0 Å². The van der Waals surface area contributed by atoms with Gasteiger partial charge in [0.15, 0.2) is 0 Å². The quantitative estimate of drug-likeness (QED) is 0.806. The second-order valence-corrected chi connectivity index (χ2v) is 7.90. The van der Waals surface area contributed by atoms with Gasteiger partial charge < -0.3 is 10.4 Å². The van der Waals surface area contributed by atoms with Crippen LogP contribution in [0.3, 0.4) is 0 Å². The zero-order chi connectivity index (χ0) is 16.9. The van der Waals surface area contributed by atoms with Crippen molar-refractivity contribution in [2.45, 2.75) is 17.7 Å². The van der Waals surface area contributed by atoms with Gasteiger partial charge in [-0.1, -0.05) is 17.3 Å². The number of hydrogen-bond donors (Lipinski definition) is 2. The SMILES string of the molecule is O=C(O)Cn1cc(CNC(=O)c2ccc(C3SCCS3)cc2)nn1. The van der Waals surface area contributed by atoms with Crippen molar-refractivity contribution in [3.05, 3.63) is 47.3 Å². The molecule has 9 heteroatoms. The third kappa shape index (κ3) is 4.30. The Hall–Kier alpha value is -2.00. The summed E-state index contributed by atoms with van der Waals surface area (Å²) in [7, 11) is 0. The maximum Gasteiger partial charge on any atom is 0.325 e. The summed E-state index contributed by atoms with van der Waals surface area (Å²) in [5, 5.41) is 19.0. The summed E-state index contributed by atoms with van der Waals surface area (Å²) in [6.07, 6.45) is 1.51. The maximum atomic E-state index is 12.2. The molecule has 1 aliphatic heterocycles. The molecule has 2 N–H and O–H groups in total. The highest BCUT2D eigenvalue weighted by molar-refractivity contribution is 8.19. The van der Waals surface area contributed by atoms with E-state index in [-0.39, 0.29) is 19.0 Å². The van der Waals surface area contributed by atoms with Gasteiger partial charge in [0.2, 0.25) is 0 Å². The zero-order valence-electron chi connectivity index (χ0n) is 12.7. The molecule has 1 aliphatic rings. The van der Waals surface area contributed by atoms with E-state index in [1.54, 1.807) is 0 Å². The highest BCUT2D eigenvalue weighted by atomic mass is 32.2. The molecule has 3 rings (SSSR count). The van der Waals surface area contributed by atoms with Crippen LogP contribution in [0.1, 0.15) is 26.2 Å². The van der Waals surface area contributed by atoms with Crippen molar-refractivity contribution in [1.29, 1.82) is 0 Å². The highest BCUT2D eigenvalue weighted by Crippen LogP contribution is 2.45. The third-order valence-electron chi connectivity index (χ3n) is 3.38. The minimum absolute atomic E-state index is 0.193. The van der Waals surface area contributed by atoms with Crippen molar-refractivity contribution in [3.8, 4) is 0 Å². The number of amides is 1. The van der Waals surface area contributed by atoms with Crippen molar-refractivity contribution in [2.75, 3.05) is 11.5 Å². The minimum Gasteiger partial charge on any atom is -0.480 e. The second-order valence-electron chi connectivity index (χ2n) is 5.18. The maximum absolute atomic E-state index is 12.2. The number of aliphatic carboxylic acids is 1. The lowest BCUT2D eigenvalue weighted by Gasteiger charge is -2.09. The molecule has 0 bridgehead atoms. The standard InChI is InChI=1S/C15H16N4O3S2/c20-13(21)9-19-8-12(17-18-19)7-16-14(22)10-1-3-11(4-2-10)15-23-5-6-24-15/h1-4,8,15H,5-7,9H2,(H,16,22)(H,20,21). The number of carbonyl (C=O) groups excluding carboxylic acids is 1. The fourth-order valence-corrected chi connectivity index (χ4v) is 5.11. The number of nitrogens with one attached hydrogen (secondary N) is 1. The van der Waals surface area contributed by atoms with Gasteiger partial charge in [-0.3, -0.25) is 9.59 Å². The average Bonchev–Trinajstić information content (AvgIpc) is 3.24. The van der Waals surface area contributed by atoms with Crippen LogP contribution in [0.5, 0.6) is 0 Å². The molecule has 0 unspecified atom stereocenters. The summed E-state index contributed by atoms with van der Waals surface area (Å²) in [4.78, 5) is 22.8. The Morgan fingerprint density at radius 2 is 1.96 bits per heavy atom. The summed E-state index contributed by atoms with van der Waals surface area (Å²) >= 11 is 3.85. The fraction of sp³-hybridized carbons (Fsp3) is 0.333. The van der Waals surface area contributed by atoms with Crippen LogP contribution in [-0.2, 0) is 17.9 Å². The molecule has 7 nitrogen and oxygen atoms in total. The van der Waals surface area contributed by atoms with Gasteiger partial charge in [0.25, 0.3) is 5.91 Å². The van der Waals surface area contributed by atoms with Crippen LogP contribution in [0.4, 0.5) is 0 Å². The van der Waals surface area contributed by atoms with E-state index in [0.717, 1.165) is 0 Å². The van der Waals surface area contributed by atoms with Crippen LogP contribution in [0, 0.1) is 0 Å². The third-order valence-corrected chi connectivity index (χ3v) is 6.48. The van der Waals surface area contributed by atoms with Crippen LogP contribution in [0.2, 0.25) is 0 Å². The van der Waals surface area contributed by atoms with Crippen molar-refractivity contribution < 1.29 is 14.7 Å². The first-order valence-corrected chi connectivity index (χ1v) is 9.44. The molecule has 0 spiro atoms. The summed E-state index contributed by atoms with van der Waals surface area (Å²) in [5.74, 6) is 1.15. The van der Waals surface area contributed by atoms with E-state index in [1.165, 1.54) is 27.9 Å². The molecule has 0 saturated carbocycles. The van der Waals surface area contributed by atoms with Crippen molar-refractivity contribution >= 4 is 35.4 Å². The molecule has 1 amide bonds. The first-order valence-electron chi connectivity index (χ1n) is 7.34. The normalized spacial score (nSPS) is 14.7. The largest absolute Gasteiger partial charge is 0.480 e. The Kier molecular flexibility index (Phi) is 5.41. The smallest absolute Gasteiger partial charge is 0.325 e. The van der Waals surface area contributed by atoms with E-state index in [0.29, 0.717) is 15.8 Å². The molecule has 2 aromatic rings. The summed E-state index contributed by atoms with van der Waals surface area (Å²) in [5.41, 5.74) is 2.33. The molecule has 24 heavy (non-hydrogen) atoms. The molecule has 1 fully saturated rings. The zero-order valence-corrected chi connectivity index (χ0v) is 14.3. The van der Waals surface area contributed by atoms with Crippen LogP contribution in [0.15, 0.2) is 30.5 Å². The lowest BCUT2D eigenvalue weighted by Crippen LogP contribution is -2.23. The Morgan fingerprint density at radius 1 is 1.25 bits per heavy atom. The van der Waals surface area contributed by atoms with Crippen molar-refractivity contribution in [2.24, 2.45) is 0 Å². The molecule has 1 aromatic carbocycles. The van der Waals surface area contributed by atoms with E-state index in [2.05, 4.69) is 15.6 Å². The average molecular weight is 364 g/mol. The molecule has 2 heterocycles. The Labute approximate surface area is 147 Å². The molecular weight excluding hydrogens is 348 g/mol. The number of nitrogens with zero attached hydrogens (tertiary/aromatic N) is 3. The van der Waals surface area contributed by atoms with Gasteiger partial charge >= 0.3 is 5.97 Å². The van der Waals surface area contributed by atoms with Gasteiger partial charge in [-0.25, -0.2) is 4.68 Å². The van der Waals surface area contributed by atoms with Crippen molar-refractivity contribution in [3.63, 3.8) is 0 Å². The first kappa shape index (κ1) is 16.8. The lowest BCUT2D eigenvalue weighted by atomic mass is 10.1. The van der Waals surface area contributed by atoms with E-state index in [4.69, 9.17) is 5.11 Å². The molecule has 0 aliphatic carbocycles. The predicted molar refractivity (Wildman–Crippen MR) is 92.9 cm³/mol. The number of benzene rings is 1. The summed E-state index contributed by atoms with van der Waals surface area (Å²) < 4.78 is 1.68. The Bertz CT molecular complexity index is 727. The number of carboxylic acids is 1.